The fraction of sp³-hybridized carbons (Fsp3) is 0.176. The summed E-state index contributed by atoms with van der Waals surface area (Å²) < 4.78 is 12.9. The Morgan fingerprint density at radius 2 is 1.86 bits per heavy atom. The van der Waals surface area contributed by atoms with Crippen LogP contribution in [0.1, 0.15) is 12.5 Å². The first-order valence-corrected chi connectivity index (χ1v) is 6.94. The molecule has 0 aliphatic heterocycles. The predicted molar refractivity (Wildman–Crippen MR) is 82.7 cm³/mol. The van der Waals surface area contributed by atoms with Crippen LogP contribution in [0.25, 0.3) is 10.9 Å². The average molecular weight is 281 g/mol. The summed E-state index contributed by atoms with van der Waals surface area (Å²) in [5.41, 5.74) is 2.94. The number of fused-ring (bicyclic) bond motifs is 1. The minimum absolute atomic E-state index is 0.205. The summed E-state index contributed by atoms with van der Waals surface area (Å²) in [5.74, 6) is -0.205. The third-order valence-electron chi connectivity index (χ3n) is 3.40. The minimum Gasteiger partial charge on any atom is -0.380 e. The number of hydrogen-bond donors (Lipinski definition) is 1. The fourth-order valence-electron chi connectivity index (χ4n) is 2.41. The van der Waals surface area contributed by atoms with Crippen molar-refractivity contribution in [1.29, 1.82) is 0 Å². The standard InChI is InChI=1S/C17H16FN3/c1-12(10-13-6-8-14(18)9-7-13)20-17-11-19-21-16-5-3-2-4-15(16)17/h2-9,11-12H,10H2,1H3,(H,20,21). The molecule has 4 heteroatoms. The molecule has 3 nitrogen and oxygen atoms in total. The summed E-state index contributed by atoms with van der Waals surface area (Å²) in [6.07, 6.45) is 2.56. The van der Waals surface area contributed by atoms with Gasteiger partial charge in [0.2, 0.25) is 0 Å². The van der Waals surface area contributed by atoms with Gasteiger partial charge in [0.1, 0.15) is 5.82 Å². The van der Waals surface area contributed by atoms with Gasteiger partial charge in [-0.05, 0) is 37.1 Å². The Hall–Kier alpha value is -2.49. The molecule has 0 amide bonds. The van der Waals surface area contributed by atoms with Gasteiger partial charge in [-0.3, -0.25) is 0 Å². The number of aromatic nitrogens is 2. The van der Waals surface area contributed by atoms with E-state index < -0.39 is 0 Å². The van der Waals surface area contributed by atoms with Gasteiger partial charge < -0.3 is 5.32 Å². The highest BCUT2D eigenvalue weighted by Crippen LogP contribution is 2.21. The van der Waals surface area contributed by atoms with Crippen molar-refractivity contribution in [3.8, 4) is 0 Å². The molecular weight excluding hydrogens is 265 g/mol. The van der Waals surface area contributed by atoms with Crippen LogP contribution in [0.5, 0.6) is 0 Å². The minimum atomic E-state index is -0.205. The maximum Gasteiger partial charge on any atom is 0.123 e. The third kappa shape index (κ3) is 3.16. The van der Waals surface area contributed by atoms with Crippen LogP contribution in [0.2, 0.25) is 0 Å². The number of hydrogen-bond acceptors (Lipinski definition) is 3. The Bertz CT molecular complexity index is 735. The van der Waals surface area contributed by atoms with Crippen molar-refractivity contribution >= 4 is 16.6 Å². The molecule has 0 saturated carbocycles. The quantitative estimate of drug-likeness (QED) is 0.790. The first-order valence-electron chi connectivity index (χ1n) is 6.94. The third-order valence-corrected chi connectivity index (χ3v) is 3.40. The van der Waals surface area contributed by atoms with Crippen LogP contribution < -0.4 is 5.32 Å². The van der Waals surface area contributed by atoms with E-state index >= 15 is 0 Å². The van der Waals surface area contributed by atoms with E-state index in [1.54, 1.807) is 6.20 Å². The molecule has 0 spiro atoms. The zero-order chi connectivity index (χ0) is 14.7. The zero-order valence-corrected chi connectivity index (χ0v) is 11.8. The van der Waals surface area contributed by atoms with Crippen LogP contribution in [0, 0.1) is 5.82 Å². The van der Waals surface area contributed by atoms with Crippen molar-refractivity contribution in [2.24, 2.45) is 0 Å². The molecule has 3 aromatic rings. The number of rotatable bonds is 4. The molecule has 0 radical (unpaired) electrons. The molecule has 2 aromatic carbocycles. The largest absolute Gasteiger partial charge is 0.380 e. The van der Waals surface area contributed by atoms with Gasteiger partial charge in [0, 0.05) is 11.4 Å². The molecule has 0 saturated heterocycles. The lowest BCUT2D eigenvalue weighted by atomic mass is 10.1. The molecule has 1 N–H and O–H groups in total. The van der Waals surface area contributed by atoms with E-state index in [0.29, 0.717) is 0 Å². The Morgan fingerprint density at radius 1 is 1.10 bits per heavy atom. The Labute approximate surface area is 122 Å². The molecule has 21 heavy (non-hydrogen) atoms. The predicted octanol–water partition coefficient (Wildman–Crippen LogP) is 3.81. The molecular formula is C17H16FN3. The second kappa shape index (κ2) is 5.87. The highest BCUT2D eigenvalue weighted by atomic mass is 19.1. The van der Waals surface area contributed by atoms with Crippen LogP contribution in [0.4, 0.5) is 10.1 Å². The van der Waals surface area contributed by atoms with Crippen molar-refractivity contribution in [2.45, 2.75) is 19.4 Å². The van der Waals surface area contributed by atoms with Crippen molar-refractivity contribution in [2.75, 3.05) is 5.32 Å². The second-order valence-electron chi connectivity index (χ2n) is 5.15. The lowest BCUT2D eigenvalue weighted by molar-refractivity contribution is 0.626. The van der Waals surface area contributed by atoms with Crippen molar-refractivity contribution < 1.29 is 4.39 Å². The van der Waals surface area contributed by atoms with Crippen molar-refractivity contribution in [3.05, 3.63) is 66.1 Å². The van der Waals surface area contributed by atoms with Gasteiger partial charge in [0.15, 0.2) is 0 Å². The first-order chi connectivity index (χ1) is 10.2. The van der Waals surface area contributed by atoms with Gasteiger partial charge >= 0.3 is 0 Å². The van der Waals surface area contributed by atoms with Crippen LogP contribution in [-0.2, 0) is 6.42 Å². The van der Waals surface area contributed by atoms with Crippen molar-refractivity contribution in [3.63, 3.8) is 0 Å². The zero-order valence-electron chi connectivity index (χ0n) is 11.8. The van der Waals surface area contributed by atoms with Gasteiger partial charge in [0.05, 0.1) is 17.4 Å². The van der Waals surface area contributed by atoms with Gasteiger partial charge in [0.25, 0.3) is 0 Å². The van der Waals surface area contributed by atoms with E-state index in [-0.39, 0.29) is 11.9 Å². The monoisotopic (exact) mass is 281 g/mol. The molecule has 0 aliphatic carbocycles. The summed E-state index contributed by atoms with van der Waals surface area (Å²) in [6, 6.07) is 14.7. The average Bonchev–Trinajstić information content (AvgIpc) is 2.50. The van der Waals surface area contributed by atoms with Gasteiger partial charge in [-0.1, -0.05) is 30.3 Å². The summed E-state index contributed by atoms with van der Waals surface area (Å²) in [6.45, 7) is 2.10. The number of nitrogens with zero attached hydrogens (tertiary/aromatic N) is 2. The van der Waals surface area contributed by atoms with Crippen molar-refractivity contribution in [1.82, 2.24) is 10.2 Å². The highest BCUT2D eigenvalue weighted by Gasteiger charge is 2.07. The highest BCUT2D eigenvalue weighted by molar-refractivity contribution is 5.90. The maximum absolute atomic E-state index is 12.9. The lowest BCUT2D eigenvalue weighted by Crippen LogP contribution is -2.18. The SMILES string of the molecule is CC(Cc1ccc(F)cc1)Nc1cnnc2ccccc12. The molecule has 0 fully saturated rings. The molecule has 1 heterocycles. The number of halogens is 1. The van der Waals surface area contributed by atoms with Crippen LogP contribution >= 0.6 is 0 Å². The van der Waals surface area contributed by atoms with E-state index in [0.717, 1.165) is 28.6 Å². The summed E-state index contributed by atoms with van der Waals surface area (Å²) in [7, 11) is 0. The molecule has 1 unspecified atom stereocenters. The molecule has 1 atom stereocenters. The fourth-order valence-corrected chi connectivity index (χ4v) is 2.41. The molecule has 3 rings (SSSR count). The topological polar surface area (TPSA) is 37.8 Å². The van der Waals surface area contributed by atoms with Crippen LogP contribution in [0.3, 0.4) is 0 Å². The smallest absolute Gasteiger partial charge is 0.123 e. The van der Waals surface area contributed by atoms with E-state index in [1.807, 2.05) is 36.4 Å². The normalized spacial score (nSPS) is 12.3. The Kier molecular flexibility index (Phi) is 3.77. The van der Waals surface area contributed by atoms with E-state index in [2.05, 4.69) is 22.4 Å². The Balaban J connectivity index is 1.77. The van der Waals surface area contributed by atoms with E-state index in [1.165, 1.54) is 12.1 Å². The van der Waals surface area contributed by atoms with E-state index in [9.17, 15) is 4.39 Å². The van der Waals surface area contributed by atoms with Crippen LogP contribution in [0.15, 0.2) is 54.7 Å². The maximum atomic E-state index is 12.9. The molecule has 106 valence electrons. The van der Waals surface area contributed by atoms with Gasteiger partial charge in [-0.15, -0.1) is 0 Å². The summed E-state index contributed by atoms with van der Waals surface area (Å²) in [5, 5.41) is 12.6. The molecule has 0 aliphatic rings. The lowest BCUT2D eigenvalue weighted by Gasteiger charge is -2.16. The van der Waals surface area contributed by atoms with E-state index in [4.69, 9.17) is 0 Å². The van der Waals surface area contributed by atoms with Gasteiger partial charge in [-0.2, -0.15) is 10.2 Å². The van der Waals surface area contributed by atoms with Crippen LogP contribution in [-0.4, -0.2) is 16.2 Å². The van der Waals surface area contributed by atoms with Gasteiger partial charge in [-0.25, -0.2) is 4.39 Å². The summed E-state index contributed by atoms with van der Waals surface area (Å²) >= 11 is 0. The first kappa shape index (κ1) is 13.5. The second-order valence-corrected chi connectivity index (χ2v) is 5.15. The number of anilines is 1. The number of benzene rings is 2. The molecule has 0 bridgehead atoms. The summed E-state index contributed by atoms with van der Waals surface area (Å²) in [4.78, 5) is 0. The Morgan fingerprint density at radius 3 is 2.67 bits per heavy atom. The number of nitrogens with one attached hydrogen (secondary N) is 1. The molecule has 1 aromatic heterocycles.